The van der Waals surface area contributed by atoms with E-state index in [-0.39, 0.29) is 6.61 Å². The number of carbonyl (C=O) groups excluding carboxylic acids is 2. The third-order valence-electron chi connectivity index (χ3n) is 8.07. The molecule has 0 spiro atoms. The molecule has 15 atom stereocenters. The van der Waals surface area contributed by atoms with Crippen molar-refractivity contribution in [1.82, 2.24) is 10.6 Å². The second kappa shape index (κ2) is 16.8. The summed E-state index contributed by atoms with van der Waals surface area (Å²) in [5.74, 6) is -1.19. The summed E-state index contributed by atoms with van der Waals surface area (Å²) in [5, 5.41) is 77.4. The van der Waals surface area contributed by atoms with Gasteiger partial charge in [-0.15, -0.1) is 0 Å². The first-order valence-corrected chi connectivity index (χ1v) is 15.1. The predicted molar refractivity (Wildman–Crippen MR) is 152 cm³/mol. The lowest BCUT2D eigenvalue weighted by Gasteiger charge is -2.48. The standard InChI is InChI=1S/C29H43FN2O15/c1-12(35)31-19-24(40)21(37)16(9-34)45-27(19)43-11-17-22(38)26(47-29-25(41)23(39)18(30)15(8-33)44-29)20(32-13(2)36)28(46-17)42-10-14-6-4-3-5-7-14/h3-7,15-29,33-34,37-41H,8-11H2,1-2H3,(H,31,35)(H,32,36)/t15-,16-,17-,18+,19-,20-,21-,22+,23+,24-,25-,26-,27-,28+,29+/m1/s1. The summed E-state index contributed by atoms with van der Waals surface area (Å²) < 4.78 is 49.1. The molecule has 3 fully saturated rings. The highest BCUT2D eigenvalue weighted by Gasteiger charge is 2.53. The third-order valence-corrected chi connectivity index (χ3v) is 8.07. The molecule has 47 heavy (non-hydrogen) atoms. The largest absolute Gasteiger partial charge is 0.394 e. The molecule has 1 aromatic rings. The maximum absolute atomic E-state index is 14.4. The number of hydrogen-bond donors (Lipinski definition) is 9. The van der Waals surface area contributed by atoms with Gasteiger partial charge in [0.2, 0.25) is 11.8 Å². The van der Waals surface area contributed by atoms with Gasteiger partial charge >= 0.3 is 0 Å². The summed E-state index contributed by atoms with van der Waals surface area (Å²) in [5.41, 5.74) is 0.708. The number of rotatable bonds is 12. The van der Waals surface area contributed by atoms with Gasteiger partial charge in [-0.2, -0.15) is 0 Å². The molecule has 18 heteroatoms. The van der Waals surface area contributed by atoms with E-state index in [2.05, 4.69) is 10.6 Å². The summed E-state index contributed by atoms with van der Waals surface area (Å²) in [6, 6.07) is 6.24. The quantitative estimate of drug-likeness (QED) is 0.102. The van der Waals surface area contributed by atoms with Crippen molar-refractivity contribution in [1.29, 1.82) is 0 Å². The lowest BCUT2D eigenvalue weighted by molar-refractivity contribution is -0.346. The topological polar surface area (TPSA) is 255 Å². The fraction of sp³-hybridized carbons (Fsp3) is 0.724. The van der Waals surface area contributed by atoms with E-state index in [1.54, 1.807) is 30.3 Å². The molecule has 3 aliphatic rings. The van der Waals surface area contributed by atoms with Gasteiger partial charge in [-0.1, -0.05) is 30.3 Å². The van der Waals surface area contributed by atoms with Crippen molar-refractivity contribution in [3.63, 3.8) is 0 Å². The minimum Gasteiger partial charge on any atom is -0.394 e. The molecule has 17 nitrogen and oxygen atoms in total. The Hall–Kier alpha value is -2.43. The first kappa shape index (κ1) is 37.4. The van der Waals surface area contributed by atoms with Gasteiger partial charge in [-0.3, -0.25) is 9.59 Å². The van der Waals surface area contributed by atoms with Crippen LogP contribution in [0.25, 0.3) is 0 Å². The van der Waals surface area contributed by atoms with E-state index in [1.807, 2.05) is 0 Å². The van der Waals surface area contributed by atoms with Crippen LogP contribution >= 0.6 is 0 Å². The number of aliphatic hydroxyl groups excluding tert-OH is 7. The van der Waals surface area contributed by atoms with Crippen LogP contribution in [0.4, 0.5) is 4.39 Å². The zero-order valence-electron chi connectivity index (χ0n) is 25.6. The zero-order valence-corrected chi connectivity index (χ0v) is 25.6. The Kier molecular flexibility index (Phi) is 13.4. The Morgan fingerprint density at radius 1 is 0.723 bits per heavy atom. The van der Waals surface area contributed by atoms with Crippen molar-refractivity contribution in [2.24, 2.45) is 0 Å². The number of aliphatic hydroxyl groups is 7. The molecule has 1 aromatic carbocycles. The molecule has 266 valence electrons. The Morgan fingerprint density at radius 2 is 1.30 bits per heavy atom. The van der Waals surface area contributed by atoms with Gasteiger partial charge < -0.3 is 74.8 Å². The van der Waals surface area contributed by atoms with Gasteiger partial charge in [0.05, 0.1) is 26.4 Å². The van der Waals surface area contributed by atoms with Crippen LogP contribution in [-0.2, 0) is 44.6 Å². The van der Waals surface area contributed by atoms with Crippen LogP contribution in [0.3, 0.4) is 0 Å². The van der Waals surface area contributed by atoms with E-state index in [0.29, 0.717) is 5.56 Å². The summed E-state index contributed by atoms with van der Waals surface area (Å²) >= 11 is 0. The Morgan fingerprint density at radius 3 is 1.91 bits per heavy atom. The lowest BCUT2D eigenvalue weighted by Crippen LogP contribution is -2.68. The highest BCUT2D eigenvalue weighted by molar-refractivity contribution is 5.73. The van der Waals surface area contributed by atoms with Crippen molar-refractivity contribution in [2.45, 2.75) is 113 Å². The lowest BCUT2D eigenvalue weighted by atomic mass is 9.95. The summed E-state index contributed by atoms with van der Waals surface area (Å²) in [4.78, 5) is 24.1. The van der Waals surface area contributed by atoms with Gasteiger partial charge in [0.1, 0.15) is 67.0 Å². The first-order chi connectivity index (χ1) is 22.4. The van der Waals surface area contributed by atoms with E-state index < -0.39 is 124 Å². The van der Waals surface area contributed by atoms with Crippen molar-refractivity contribution in [3.8, 4) is 0 Å². The normalized spacial score (nSPS) is 40.9. The molecule has 0 bridgehead atoms. The minimum atomic E-state index is -2.16. The SMILES string of the molecule is CC(=O)N[C@H]1[C@H](OC[C@H]2O[C@H](OCc3ccccc3)[C@H](NC(C)=O)[C@@H](O[C@@H]3O[C@H](CO)[C@H](F)[C@H](O)[C@H]3O)[C@H]2O)O[C@H](CO)[C@@H](O)[C@@H]1O. The fourth-order valence-corrected chi connectivity index (χ4v) is 5.61. The number of carbonyl (C=O) groups is 2. The third kappa shape index (κ3) is 8.98. The number of ether oxygens (including phenoxy) is 6. The number of alkyl halides is 1. The number of hydrogen-bond acceptors (Lipinski definition) is 15. The molecule has 3 saturated heterocycles. The summed E-state index contributed by atoms with van der Waals surface area (Å²) in [6.45, 7) is 0.157. The average Bonchev–Trinajstić information content (AvgIpc) is 3.04. The molecule has 0 unspecified atom stereocenters. The van der Waals surface area contributed by atoms with E-state index in [1.165, 1.54) is 6.92 Å². The molecule has 0 aliphatic carbocycles. The van der Waals surface area contributed by atoms with Gasteiger partial charge in [0.25, 0.3) is 0 Å². The second-order valence-electron chi connectivity index (χ2n) is 11.6. The Balaban J connectivity index is 1.61. The average molecular weight is 679 g/mol. The number of benzene rings is 1. The summed E-state index contributed by atoms with van der Waals surface area (Å²) in [6.07, 6.45) is -21.5. The molecule has 9 N–H and O–H groups in total. The van der Waals surface area contributed by atoms with Crippen molar-refractivity contribution in [3.05, 3.63) is 35.9 Å². The molecular weight excluding hydrogens is 635 g/mol. The van der Waals surface area contributed by atoms with Crippen LogP contribution in [0.2, 0.25) is 0 Å². The molecular formula is C29H43FN2O15. The van der Waals surface area contributed by atoms with E-state index in [4.69, 9.17) is 28.4 Å². The number of nitrogens with one attached hydrogen (secondary N) is 2. The van der Waals surface area contributed by atoms with Crippen molar-refractivity contribution in [2.75, 3.05) is 19.8 Å². The Bertz CT molecular complexity index is 1150. The smallest absolute Gasteiger partial charge is 0.217 e. The monoisotopic (exact) mass is 678 g/mol. The second-order valence-corrected chi connectivity index (χ2v) is 11.6. The maximum atomic E-state index is 14.4. The Labute approximate surface area is 269 Å². The molecule has 4 rings (SSSR count). The molecule has 0 aromatic heterocycles. The fourth-order valence-electron chi connectivity index (χ4n) is 5.61. The van der Waals surface area contributed by atoms with Crippen molar-refractivity contribution < 1.29 is 78.1 Å². The molecule has 3 heterocycles. The highest BCUT2D eigenvalue weighted by Crippen LogP contribution is 2.32. The minimum absolute atomic E-state index is 0.0476. The van der Waals surface area contributed by atoms with Gasteiger partial charge in [0, 0.05) is 13.8 Å². The first-order valence-electron chi connectivity index (χ1n) is 15.1. The molecule has 3 aliphatic heterocycles. The van der Waals surface area contributed by atoms with Crippen LogP contribution in [0.15, 0.2) is 30.3 Å². The predicted octanol–water partition coefficient (Wildman–Crippen LogP) is -4.08. The summed E-state index contributed by atoms with van der Waals surface area (Å²) in [7, 11) is 0. The molecule has 0 saturated carbocycles. The van der Waals surface area contributed by atoms with Gasteiger partial charge in [0.15, 0.2) is 25.0 Å². The molecule has 2 amide bonds. The molecule has 0 radical (unpaired) electrons. The van der Waals surface area contributed by atoms with Crippen LogP contribution in [0.5, 0.6) is 0 Å². The van der Waals surface area contributed by atoms with Crippen LogP contribution in [0.1, 0.15) is 19.4 Å². The van der Waals surface area contributed by atoms with Gasteiger partial charge in [-0.25, -0.2) is 4.39 Å². The van der Waals surface area contributed by atoms with Gasteiger partial charge in [-0.05, 0) is 5.56 Å². The maximum Gasteiger partial charge on any atom is 0.217 e. The number of amides is 2. The van der Waals surface area contributed by atoms with E-state index >= 15 is 0 Å². The highest BCUT2D eigenvalue weighted by atomic mass is 19.1. The van der Waals surface area contributed by atoms with Crippen molar-refractivity contribution >= 4 is 11.8 Å². The zero-order chi connectivity index (χ0) is 34.4. The van der Waals surface area contributed by atoms with E-state index in [9.17, 15) is 49.7 Å². The van der Waals surface area contributed by atoms with Crippen LogP contribution in [0, 0.1) is 0 Å². The van der Waals surface area contributed by atoms with Crippen LogP contribution < -0.4 is 10.6 Å². The van der Waals surface area contributed by atoms with E-state index in [0.717, 1.165) is 6.92 Å². The number of halogens is 1. The van der Waals surface area contributed by atoms with Crippen LogP contribution in [-0.4, -0.2) is 159 Å².